The molecule has 0 amide bonds. The van der Waals surface area contributed by atoms with Gasteiger partial charge in [0.15, 0.2) is 0 Å². The van der Waals surface area contributed by atoms with Crippen LogP contribution in [-0.4, -0.2) is 33.4 Å². The fourth-order valence-electron chi connectivity index (χ4n) is 1.07. The van der Waals surface area contributed by atoms with Gasteiger partial charge in [0.05, 0.1) is 28.3 Å². The van der Waals surface area contributed by atoms with Gasteiger partial charge in [0.2, 0.25) is 0 Å². The third-order valence-electron chi connectivity index (χ3n) is 1.89. The molecule has 1 N–H and O–H groups in total. The highest BCUT2D eigenvalue weighted by molar-refractivity contribution is 5.51. The molecule has 13 heavy (non-hydrogen) atoms. The van der Waals surface area contributed by atoms with E-state index < -0.39 is 0 Å². The number of aromatic hydroxyl groups is 1. The van der Waals surface area contributed by atoms with Crippen molar-refractivity contribution in [1.82, 2.24) is 4.48 Å². The van der Waals surface area contributed by atoms with Crippen LogP contribution in [0.3, 0.4) is 0 Å². The summed E-state index contributed by atoms with van der Waals surface area (Å²) in [4.78, 5) is 0. The van der Waals surface area contributed by atoms with E-state index in [0.29, 0.717) is 10.2 Å². The molecule has 0 fully saturated rings. The van der Waals surface area contributed by atoms with Crippen molar-refractivity contribution < 1.29 is 9.84 Å². The van der Waals surface area contributed by atoms with Crippen molar-refractivity contribution in [3.8, 4) is 11.5 Å². The maximum Gasteiger partial charge on any atom is 0.139 e. The fraction of sp³-hybridized carbons (Fsp3) is 0.400. The lowest BCUT2D eigenvalue weighted by Gasteiger charge is -2.23. The number of benzene rings is 1. The average molecular weight is 182 g/mol. The molecule has 0 saturated carbocycles. The molecule has 0 radical (unpaired) electrons. The van der Waals surface area contributed by atoms with Gasteiger partial charge < -0.3 is 9.84 Å². The largest absolute Gasteiger partial charge is 0.508 e. The van der Waals surface area contributed by atoms with Crippen LogP contribution in [0.2, 0.25) is 0 Å². The molecule has 1 aromatic rings. The predicted octanol–water partition coefficient (Wildman–Crippen LogP) is 1.60. The van der Waals surface area contributed by atoms with Gasteiger partial charge in [0.25, 0.3) is 0 Å². The normalized spacial score (nSPS) is 11.4. The molecule has 0 aliphatic rings. The van der Waals surface area contributed by atoms with Crippen molar-refractivity contribution >= 4 is 5.69 Å². The number of ether oxygens (including phenoxy) is 1. The van der Waals surface area contributed by atoms with Crippen LogP contribution in [0.25, 0.3) is 0 Å². The average Bonchev–Trinajstić information content (AvgIpc) is 2.01. The standard InChI is InChI=1S/C10H15NO2/c1-11(2,3)8-5-9(12)7-10(6-8)13-4/h5-7H,1-4H3/p+1. The molecule has 0 aliphatic heterocycles. The van der Waals surface area contributed by atoms with Crippen LogP contribution in [0.5, 0.6) is 11.5 Å². The molecular weight excluding hydrogens is 166 g/mol. The van der Waals surface area contributed by atoms with E-state index in [-0.39, 0.29) is 5.75 Å². The van der Waals surface area contributed by atoms with E-state index in [1.807, 2.05) is 27.2 Å². The summed E-state index contributed by atoms with van der Waals surface area (Å²) in [6, 6.07) is 5.25. The third kappa shape index (κ3) is 2.36. The molecule has 0 aromatic heterocycles. The fourth-order valence-corrected chi connectivity index (χ4v) is 1.07. The van der Waals surface area contributed by atoms with Gasteiger partial charge in [-0.25, -0.2) is 0 Å². The SMILES string of the molecule is COc1cc(O)cc([N+](C)(C)C)c1. The molecule has 3 nitrogen and oxygen atoms in total. The van der Waals surface area contributed by atoms with Crippen molar-refractivity contribution in [1.29, 1.82) is 0 Å². The summed E-state index contributed by atoms with van der Waals surface area (Å²) in [5.41, 5.74) is 1.01. The molecule has 0 bridgehead atoms. The van der Waals surface area contributed by atoms with Gasteiger partial charge in [0, 0.05) is 18.2 Å². The Morgan fingerprint density at radius 2 is 1.77 bits per heavy atom. The lowest BCUT2D eigenvalue weighted by molar-refractivity contribution is 0.402. The molecule has 0 spiro atoms. The van der Waals surface area contributed by atoms with E-state index in [2.05, 4.69) is 0 Å². The summed E-state index contributed by atoms with van der Waals surface area (Å²) in [6.07, 6.45) is 0. The summed E-state index contributed by atoms with van der Waals surface area (Å²) in [5.74, 6) is 0.922. The number of hydrogen-bond acceptors (Lipinski definition) is 2. The smallest absolute Gasteiger partial charge is 0.139 e. The van der Waals surface area contributed by atoms with Crippen LogP contribution in [0.15, 0.2) is 18.2 Å². The molecule has 0 aliphatic carbocycles. The number of quaternary nitrogens is 1. The van der Waals surface area contributed by atoms with Crippen LogP contribution in [0.4, 0.5) is 5.69 Å². The Morgan fingerprint density at radius 3 is 2.23 bits per heavy atom. The predicted molar refractivity (Wildman–Crippen MR) is 54.2 cm³/mol. The lowest BCUT2D eigenvalue weighted by Crippen LogP contribution is -2.34. The highest BCUT2D eigenvalue weighted by Crippen LogP contribution is 2.28. The molecule has 1 aromatic carbocycles. The molecular formula is C10H16NO2+. The van der Waals surface area contributed by atoms with E-state index in [9.17, 15) is 5.11 Å². The van der Waals surface area contributed by atoms with Crippen LogP contribution < -0.4 is 9.22 Å². The summed E-state index contributed by atoms with van der Waals surface area (Å²) in [5, 5.41) is 9.40. The van der Waals surface area contributed by atoms with E-state index in [4.69, 9.17) is 4.74 Å². The van der Waals surface area contributed by atoms with Crippen LogP contribution >= 0.6 is 0 Å². The number of phenols is 1. The second-order valence-corrected chi connectivity index (χ2v) is 3.90. The van der Waals surface area contributed by atoms with Crippen LogP contribution in [-0.2, 0) is 0 Å². The minimum absolute atomic E-state index is 0.238. The second-order valence-electron chi connectivity index (χ2n) is 3.90. The Bertz CT molecular complexity index is 302. The Kier molecular flexibility index (Phi) is 2.48. The highest BCUT2D eigenvalue weighted by atomic mass is 16.5. The van der Waals surface area contributed by atoms with Crippen molar-refractivity contribution in [3.63, 3.8) is 0 Å². The molecule has 0 atom stereocenters. The summed E-state index contributed by atoms with van der Waals surface area (Å²) >= 11 is 0. The zero-order valence-corrected chi connectivity index (χ0v) is 8.53. The van der Waals surface area contributed by atoms with Gasteiger partial charge in [0.1, 0.15) is 17.2 Å². The first-order valence-electron chi connectivity index (χ1n) is 4.13. The summed E-state index contributed by atoms with van der Waals surface area (Å²) < 4.78 is 5.72. The van der Waals surface area contributed by atoms with E-state index in [1.165, 1.54) is 0 Å². The van der Waals surface area contributed by atoms with Gasteiger partial charge in [-0.3, -0.25) is 4.48 Å². The van der Waals surface area contributed by atoms with Gasteiger partial charge in [-0.15, -0.1) is 0 Å². The maximum absolute atomic E-state index is 9.40. The number of rotatable bonds is 2. The zero-order valence-electron chi connectivity index (χ0n) is 8.53. The van der Waals surface area contributed by atoms with Gasteiger partial charge >= 0.3 is 0 Å². The van der Waals surface area contributed by atoms with Crippen molar-refractivity contribution in [2.45, 2.75) is 0 Å². The highest BCUT2D eigenvalue weighted by Gasteiger charge is 2.14. The minimum atomic E-state index is 0.238. The van der Waals surface area contributed by atoms with Crippen LogP contribution in [0.1, 0.15) is 0 Å². The second kappa shape index (κ2) is 3.26. The first kappa shape index (κ1) is 9.86. The lowest BCUT2D eigenvalue weighted by atomic mass is 10.2. The van der Waals surface area contributed by atoms with E-state index in [1.54, 1.807) is 19.2 Å². The topological polar surface area (TPSA) is 29.5 Å². The van der Waals surface area contributed by atoms with Crippen LogP contribution in [0, 0.1) is 0 Å². The van der Waals surface area contributed by atoms with Gasteiger partial charge in [-0.1, -0.05) is 0 Å². The number of hydrogen-bond donors (Lipinski definition) is 1. The zero-order chi connectivity index (χ0) is 10.1. The van der Waals surface area contributed by atoms with Crippen molar-refractivity contribution in [3.05, 3.63) is 18.2 Å². The number of phenolic OH excluding ortho intramolecular Hbond substituents is 1. The molecule has 0 unspecified atom stereocenters. The quantitative estimate of drug-likeness (QED) is 0.704. The van der Waals surface area contributed by atoms with Crippen molar-refractivity contribution in [2.75, 3.05) is 28.3 Å². The number of nitrogens with zero attached hydrogens (tertiary/aromatic N) is 1. The first-order chi connectivity index (χ1) is 5.93. The molecule has 0 saturated heterocycles. The molecule has 72 valence electrons. The van der Waals surface area contributed by atoms with E-state index >= 15 is 0 Å². The Hall–Kier alpha value is -1.22. The van der Waals surface area contributed by atoms with Gasteiger partial charge in [-0.2, -0.15) is 0 Å². The monoisotopic (exact) mass is 182 g/mol. The summed E-state index contributed by atoms with van der Waals surface area (Å²) in [7, 11) is 7.70. The first-order valence-corrected chi connectivity index (χ1v) is 4.13. The Balaban J connectivity index is 3.16. The van der Waals surface area contributed by atoms with E-state index in [0.717, 1.165) is 5.69 Å². The van der Waals surface area contributed by atoms with Gasteiger partial charge in [-0.05, 0) is 0 Å². The summed E-state index contributed by atoms with van der Waals surface area (Å²) in [6.45, 7) is 0. The third-order valence-corrected chi connectivity index (χ3v) is 1.89. The van der Waals surface area contributed by atoms with Crippen molar-refractivity contribution in [2.24, 2.45) is 0 Å². The molecule has 3 heteroatoms. The number of methoxy groups -OCH3 is 1. The Labute approximate surface area is 78.8 Å². The minimum Gasteiger partial charge on any atom is -0.508 e. The Morgan fingerprint density at radius 1 is 1.15 bits per heavy atom. The maximum atomic E-state index is 9.40. The molecule has 1 rings (SSSR count). The molecule has 0 heterocycles.